The zero-order valence-corrected chi connectivity index (χ0v) is 35.8. The van der Waals surface area contributed by atoms with Crippen molar-refractivity contribution >= 4 is 18.1 Å². The average molecular weight is 861 g/mol. The van der Waals surface area contributed by atoms with Gasteiger partial charge in [-0.1, -0.05) is 84.7 Å². The Morgan fingerprint density at radius 1 is 0.937 bits per heavy atom. The van der Waals surface area contributed by atoms with E-state index in [0.29, 0.717) is 46.9 Å². The molecule has 1 saturated carbocycles. The number of halogens is 1. The summed E-state index contributed by atoms with van der Waals surface area (Å²) in [5, 5.41) is 24.8. The van der Waals surface area contributed by atoms with Crippen LogP contribution in [0.3, 0.4) is 0 Å². The van der Waals surface area contributed by atoms with E-state index < -0.39 is 29.7 Å². The summed E-state index contributed by atoms with van der Waals surface area (Å²) in [6.45, 7) is 6.33. The maximum atomic E-state index is 14.4. The maximum Gasteiger partial charge on any atom is 0.410 e. The number of rotatable bonds is 21. The van der Waals surface area contributed by atoms with E-state index in [0.717, 1.165) is 48.7 Å². The Kier molecular flexibility index (Phi) is 15.4. The van der Waals surface area contributed by atoms with Crippen molar-refractivity contribution < 1.29 is 48.0 Å². The summed E-state index contributed by atoms with van der Waals surface area (Å²) in [6, 6.07) is 27.5. The maximum absolute atomic E-state index is 14.4. The first-order valence-electron chi connectivity index (χ1n) is 22.0. The Hall–Kier alpha value is -5.82. The highest BCUT2D eigenvalue weighted by atomic mass is 19.1. The number of fused-ring (bicyclic) bond motifs is 2. The Balaban J connectivity index is 1.45. The first-order valence-corrected chi connectivity index (χ1v) is 22.0. The molecule has 0 aromatic heterocycles. The van der Waals surface area contributed by atoms with Crippen LogP contribution in [0.5, 0.6) is 17.2 Å². The SMILES string of the molecule is C=CCO[C@@]12Oc3ccc(Oc4cccc(C=O)c4)cc3[C@H]3[C@H](CCCCO)[C@@H](CCCCO)C=C(C(=NOCc4ccccc4)C[C@@H]1N(Cc1ccc(F)cc1)C(=O)OCC)[C@H]32. The Bertz CT molecular complexity index is 2230. The van der Waals surface area contributed by atoms with Gasteiger partial charge < -0.3 is 34.0 Å². The monoisotopic (exact) mass is 860 g/mol. The van der Waals surface area contributed by atoms with Crippen molar-refractivity contribution in [3.63, 3.8) is 0 Å². The second-order valence-electron chi connectivity index (χ2n) is 16.3. The lowest BCUT2D eigenvalue weighted by Gasteiger charge is -2.59. The normalized spacial score (nSPS) is 22.8. The van der Waals surface area contributed by atoms with Gasteiger partial charge in [0.05, 0.1) is 24.8 Å². The van der Waals surface area contributed by atoms with Gasteiger partial charge in [0.1, 0.15) is 42.0 Å². The standard InChI is InChI=1S/C51H57FN2O9/c1-3-27-60-51-47(54(50(58)59-4-2)32-35-19-21-39(52)22-20-35)31-45(53-61-34-36-13-6-5-7-14-36)43-29-38(16-8-10-25-55)42(18-9-11-26-56)48(49(43)51)44-30-41(23-24-46(44)63-51)62-40-17-12-15-37(28-40)33-57/h3,5-7,12-15,17,19-24,28-30,33,38,42,47-49,55-56H,1,4,8-11,16,18,25-27,31-32,34H2,2H3/t38-,42+,47-,48+,49+,51+/m0/s1. The minimum absolute atomic E-state index is 0.0136. The summed E-state index contributed by atoms with van der Waals surface area (Å²) in [7, 11) is 0. The molecule has 0 saturated heterocycles. The number of ether oxygens (including phenoxy) is 4. The molecule has 1 aliphatic heterocycles. The van der Waals surface area contributed by atoms with Gasteiger partial charge in [0, 0.05) is 43.2 Å². The summed E-state index contributed by atoms with van der Waals surface area (Å²) in [5.74, 6) is -1.24. The van der Waals surface area contributed by atoms with Crippen molar-refractivity contribution in [2.24, 2.45) is 22.9 Å². The highest BCUT2D eigenvalue weighted by molar-refractivity contribution is 6.03. The van der Waals surface area contributed by atoms with Gasteiger partial charge in [-0.25, -0.2) is 9.18 Å². The van der Waals surface area contributed by atoms with Gasteiger partial charge in [0.15, 0.2) is 0 Å². The molecule has 1 amide bonds. The third-order valence-electron chi connectivity index (χ3n) is 12.3. The second kappa shape index (κ2) is 21.5. The van der Waals surface area contributed by atoms with E-state index in [1.54, 1.807) is 54.3 Å². The lowest BCUT2D eigenvalue weighted by molar-refractivity contribution is -0.256. The minimum Gasteiger partial charge on any atom is -0.459 e. The molecule has 12 heteroatoms. The van der Waals surface area contributed by atoms with Crippen LogP contribution in [0.15, 0.2) is 127 Å². The van der Waals surface area contributed by atoms with E-state index >= 15 is 0 Å². The van der Waals surface area contributed by atoms with Crippen LogP contribution < -0.4 is 9.47 Å². The molecule has 0 bridgehead atoms. The number of aliphatic hydroxyl groups excluding tert-OH is 2. The average Bonchev–Trinajstić information content (AvgIpc) is 3.30. The molecule has 0 radical (unpaired) electrons. The lowest BCUT2D eigenvalue weighted by Crippen LogP contribution is -2.70. The van der Waals surface area contributed by atoms with Gasteiger partial charge in [-0.3, -0.25) is 9.69 Å². The fraction of sp³-hybridized carbons (Fsp3) is 0.392. The van der Waals surface area contributed by atoms with Gasteiger partial charge in [-0.15, -0.1) is 6.58 Å². The quantitative estimate of drug-likeness (QED) is 0.0363. The van der Waals surface area contributed by atoms with Crippen LogP contribution in [-0.4, -0.2) is 71.5 Å². The molecule has 63 heavy (non-hydrogen) atoms. The summed E-state index contributed by atoms with van der Waals surface area (Å²) in [5.41, 5.74) is 4.47. The molecule has 6 atom stereocenters. The van der Waals surface area contributed by atoms with E-state index in [9.17, 15) is 24.2 Å². The number of carbonyl (C=O) groups excluding carboxylic acids is 2. The Morgan fingerprint density at radius 2 is 1.70 bits per heavy atom. The number of oxime groups is 1. The lowest BCUT2D eigenvalue weighted by atomic mass is 9.55. The third-order valence-corrected chi connectivity index (χ3v) is 12.3. The number of hydrogen-bond donors (Lipinski definition) is 2. The van der Waals surface area contributed by atoms with Crippen molar-refractivity contribution in [2.75, 3.05) is 26.4 Å². The third kappa shape index (κ3) is 10.4. The minimum atomic E-state index is -1.53. The fourth-order valence-electron chi connectivity index (χ4n) is 9.55. The molecule has 2 N–H and O–H groups in total. The van der Waals surface area contributed by atoms with E-state index in [2.05, 4.69) is 12.7 Å². The number of aliphatic hydroxyl groups is 2. The van der Waals surface area contributed by atoms with Crippen LogP contribution in [0.2, 0.25) is 0 Å². The molecule has 4 aromatic carbocycles. The van der Waals surface area contributed by atoms with Crippen molar-refractivity contribution in [3.8, 4) is 17.2 Å². The van der Waals surface area contributed by atoms with Crippen LogP contribution in [0.4, 0.5) is 9.18 Å². The van der Waals surface area contributed by atoms with Crippen LogP contribution in [0.25, 0.3) is 0 Å². The van der Waals surface area contributed by atoms with Crippen LogP contribution in [-0.2, 0) is 27.5 Å². The van der Waals surface area contributed by atoms with Crippen molar-refractivity contribution in [1.82, 2.24) is 4.90 Å². The largest absolute Gasteiger partial charge is 0.459 e. The number of carbonyl (C=O) groups is 2. The number of nitrogens with zero attached hydrogens (tertiary/aromatic N) is 2. The van der Waals surface area contributed by atoms with E-state index in [-0.39, 0.29) is 63.8 Å². The topological polar surface area (TPSA) is 136 Å². The summed E-state index contributed by atoms with van der Waals surface area (Å²) < 4.78 is 40.8. The number of benzene rings is 4. The predicted molar refractivity (Wildman–Crippen MR) is 237 cm³/mol. The van der Waals surface area contributed by atoms with E-state index in [4.69, 9.17) is 28.9 Å². The molecular weight excluding hydrogens is 804 g/mol. The first kappa shape index (κ1) is 45.2. The molecule has 3 aliphatic rings. The van der Waals surface area contributed by atoms with Gasteiger partial charge in [0.25, 0.3) is 0 Å². The molecule has 1 fully saturated rings. The molecule has 0 spiro atoms. The van der Waals surface area contributed by atoms with E-state index in [1.807, 2.05) is 48.5 Å². The van der Waals surface area contributed by atoms with Crippen molar-refractivity contribution in [3.05, 3.63) is 149 Å². The number of unbranched alkanes of at least 4 members (excludes halogenated alkanes) is 2. The summed E-state index contributed by atoms with van der Waals surface area (Å²) >= 11 is 0. The molecular formula is C51H57FN2O9. The van der Waals surface area contributed by atoms with Gasteiger partial charge >= 0.3 is 6.09 Å². The van der Waals surface area contributed by atoms with Crippen molar-refractivity contribution in [2.45, 2.75) is 82.8 Å². The zero-order valence-electron chi connectivity index (χ0n) is 35.8. The van der Waals surface area contributed by atoms with Crippen LogP contribution in [0, 0.1) is 23.6 Å². The Labute approximate surface area is 368 Å². The highest BCUT2D eigenvalue weighted by Gasteiger charge is 2.65. The number of aldehydes is 1. The van der Waals surface area contributed by atoms with Gasteiger partial charge in [-0.2, -0.15) is 0 Å². The van der Waals surface area contributed by atoms with Gasteiger partial charge in [0.2, 0.25) is 5.79 Å². The zero-order chi connectivity index (χ0) is 44.2. The number of amides is 1. The predicted octanol–water partition coefficient (Wildman–Crippen LogP) is 9.92. The number of allylic oxidation sites excluding steroid dienone is 1. The first-order chi connectivity index (χ1) is 30.8. The van der Waals surface area contributed by atoms with E-state index in [1.165, 1.54) is 12.1 Å². The van der Waals surface area contributed by atoms with Crippen LogP contribution in [0.1, 0.15) is 84.8 Å². The summed E-state index contributed by atoms with van der Waals surface area (Å²) in [4.78, 5) is 33.9. The van der Waals surface area contributed by atoms with Gasteiger partial charge in [-0.05, 0) is 104 Å². The molecule has 4 aromatic rings. The molecule has 11 nitrogen and oxygen atoms in total. The smallest absolute Gasteiger partial charge is 0.410 e. The fourth-order valence-corrected chi connectivity index (χ4v) is 9.55. The molecule has 332 valence electrons. The second-order valence-corrected chi connectivity index (χ2v) is 16.3. The summed E-state index contributed by atoms with van der Waals surface area (Å²) in [6.07, 6.45) is 8.59. The molecule has 1 heterocycles. The van der Waals surface area contributed by atoms with Crippen LogP contribution >= 0.6 is 0 Å². The van der Waals surface area contributed by atoms with Crippen molar-refractivity contribution in [1.29, 1.82) is 0 Å². The Morgan fingerprint density at radius 3 is 2.43 bits per heavy atom. The molecule has 0 unspecified atom stereocenters. The molecule has 7 rings (SSSR count). The number of hydrogen-bond acceptors (Lipinski definition) is 10. The highest BCUT2D eigenvalue weighted by Crippen LogP contribution is 2.62. The molecule has 2 aliphatic carbocycles.